The molecular weight excluding hydrogens is 196 g/mol. The number of rotatable bonds is 7. The van der Waals surface area contributed by atoms with Gasteiger partial charge in [-0.05, 0) is 24.3 Å². The van der Waals surface area contributed by atoms with Gasteiger partial charge in [-0.15, -0.1) is 0 Å². The average molecular weight is 222 g/mol. The van der Waals surface area contributed by atoms with Gasteiger partial charge in [-0.25, -0.2) is 0 Å². The van der Waals surface area contributed by atoms with Crippen molar-refractivity contribution in [2.75, 3.05) is 11.5 Å². The first kappa shape index (κ1) is 16.1. The molecular formula is C11H26S2. The zero-order chi connectivity index (χ0) is 10.4. The van der Waals surface area contributed by atoms with Crippen LogP contribution in [-0.4, -0.2) is 11.5 Å². The molecule has 0 N–H and O–H groups in total. The molecule has 2 heteroatoms. The first-order valence-electron chi connectivity index (χ1n) is 5.55. The van der Waals surface area contributed by atoms with E-state index in [2.05, 4.69) is 39.1 Å². The molecule has 0 saturated heterocycles. The monoisotopic (exact) mass is 222 g/mol. The largest absolute Gasteiger partial charge is 0.179 e. The lowest BCUT2D eigenvalue weighted by atomic mass is 10.2. The second-order valence-electron chi connectivity index (χ2n) is 3.21. The summed E-state index contributed by atoms with van der Waals surface area (Å²) in [6, 6.07) is 0. The highest BCUT2D eigenvalue weighted by molar-refractivity contribution is 7.80. The summed E-state index contributed by atoms with van der Waals surface area (Å²) in [5.74, 6) is 2.10. The van der Waals surface area contributed by atoms with Gasteiger partial charge in [0.25, 0.3) is 0 Å². The fourth-order valence-corrected chi connectivity index (χ4v) is 1.35. The Labute approximate surface area is 95.7 Å². The second-order valence-corrected chi connectivity index (χ2v) is 4.11. The van der Waals surface area contributed by atoms with Crippen LogP contribution in [0.3, 0.4) is 0 Å². The van der Waals surface area contributed by atoms with Crippen molar-refractivity contribution >= 4 is 25.3 Å². The van der Waals surface area contributed by atoms with Crippen LogP contribution >= 0.6 is 25.3 Å². The van der Waals surface area contributed by atoms with Crippen LogP contribution in [0.4, 0.5) is 0 Å². The summed E-state index contributed by atoms with van der Waals surface area (Å²) in [6.07, 6.45) is 9.27. The molecule has 0 amide bonds. The van der Waals surface area contributed by atoms with E-state index in [-0.39, 0.29) is 0 Å². The van der Waals surface area contributed by atoms with Crippen LogP contribution in [0.1, 0.15) is 58.8 Å². The maximum atomic E-state index is 4.09. The third-order valence-electron chi connectivity index (χ3n) is 1.77. The van der Waals surface area contributed by atoms with Crippen molar-refractivity contribution in [2.45, 2.75) is 58.8 Å². The second kappa shape index (κ2) is 18.5. The SMILES string of the molecule is CCCCCCS.CCCCCS. The topological polar surface area (TPSA) is 0 Å². The highest BCUT2D eigenvalue weighted by atomic mass is 32.1. The molecule has 0 aliphatic rings. The van der Waals surface area contributed by atoms with Gasteiger partial charge in [0.1, 0.15) is 0 Å². The van der Waals surface area contributed by atoms with Crippen molar-refractivity contribution in [3.8, 4) is 0 Å². The van der Waals surface area contributed by atoms with Gasteiger partial charge in [0.2, 0.25) is 0 Å². The van der Waals surface area contributed by atoms with Gasteiger partial charge in [0, 0.05) is 0 Å². The normalized spacial score (nSPS) is 9.23. The van der Waals surface area contributed by atoms with Gasteiger partial charge < -0.3 is 0 Å². The minimum atomic E-state index is 1.05. The molecule has 0 aliphatic carbocycles. The maximum absolute atomic E-state index is 4.09. The molecule has 0 nitrogen and oxygen atoms in total. The molecule has 0 atom stereocenters. The van der Waals surface area contributed by atoms with Crippen LogP contribution in [0.2, 0.25) is 0 Å². The smallest absolute Gasteiger partial charge is 0.00979 e. The summed E-state index contributed by atoms with van der Waals surface area (Å²) in [5, 5.41) is 0. The summed E-state index contributed by atoms with van der Waals surface area (Å²) in [4.78, 5) is 0. The quantitative estimate of drug-likeness (QED) is 0.456. The third-order valence-corrected chi connectivity index (χ3v) is 2.41. The Hall–Kier alpha value is 0.700. The van der Waals surface area contributed by atoms with Gasteiger partial charge >= 0.3 is 0 Å². The third kappa shape index (κ3) is 24.5. The Morgan fingerprint density at radius 3 is 1.31 bits per heavy atom. The van der Waals surface area contributed by atoms with E-state index in [9.17, 15) is 0 Å². The van der Waals surface area contributed by atoms with Crippen molar-refractivity contribution < 1.29 is 0 Å². The highest BCUT2D eigenvalue weighted by Gasteiger charge is 1.80. The van der Waals surface area contributed by atoms with Gasteiger partial charge in [0.15, 0.2) is 0 Å². The highest BCUT2D eigenvalue weighted by Crippen LogP contribution is 1.98. The van der Waals surface area contributed by atoms with Crippen LogP contribution < -0.4 is 0 Å². The molecule has 0 aliphatic heterocycles. The molecule has 0 bridgehead atoms. The zero-order valence-corrected chi connectivity index (χ0v) is 11.0. The van der Waals surface area contributed by atoms with Gasteiger partial charge in [0.05, 0.1) is 0 Å². The summed E-state index contributed by atoms with van der Waals surface area (Å²) >= 11 is 8.15. The minimum Gasteiger partial charge on any atom is -0.179 e. The van der Waals surface area contributed by atoms with E-state index in [4.69, 9.17) is 0 Å². The van der Waals surface area contributed by atoms with Crippen molar-refractivity contribution in [3.05, 3.63) is 0 Å². The molecule has 0 radical (unpaired) electrons. The van der Waals surface area contributed by atoms with E-state index >= 15 is 0 Å². The van der Waals surface area contributed by atoms with Crippen LogP contribution in [0, 0.1) is 0 Å². The Kier molecular flexibility index (Phi) is 22.9. The van der Waals surface area contributed by atoms with E-state index in [1.165, 1.54) is 44.9 Å². The summed E-state index contributed by atoms with van der Waals surface area (Å²) < 4.78 is 0. The van der Waals surface area contributed by atoms with Gasteiger partial charge in [-0.3, -0.25) is 0 Å². The van der Waals surface area contributed by atoms with Crippen molar-refractivity contribution in [1.82, 2.24) is 0 Å². The lowest BCUT2D eigenvalue weighted by molar-refractivity contribution is 0.707. The first-order valence-corrected chi connectivity index (χ1v) is 6.81. The van der Waals surface area contributed by atoms with Crippen LogP contribution in [-0.2, 0) is 0 Å². The Morgan fingerprint density at radius 2 is 1.00 bits per heavy atom. The fraction of sp³-hybridized carbons (Fsp3) is 1.00. The molecule has 82 valence electrons. The van der Waals surface area contributed by atoms with Gasteiger partial charge in [-0.2, -0.15) is 25.3 Å². The molecule has 0 unspecified atom stereocenters. The van der Waals surface area contributed by atoms with E-state index in [1.807, 2.05) is 0 Å². The molecule has 0 fully saturated rings. The lowest BCUT2D eigenvalue weighted by Crippen LogP contribution is -1.74. The molecule has 13 heavy (non-hydrogen) atoms. The number of hydrogen-bond donors (Lipinski definition) is 2. The standard InChI is InChI=1S/C6H14S.C5H12S/c1-2-3-4-5-6-7;1-2-3-4-5-6/h7H,2-6H2,1H3;6H,2-5H2,1H3. The van der Waals surface area contributed by atoms with Crippen molar-refractivity contribution in [3.63, 3.8) is 0 Å². The molecule has 0 spiro atoms. The van der Waals surface area contributed by atoms with Crippen LogP contribution in [0.25, 0.3) is 0 Å². The maximum Gasteiger partial charge on any atom is -0.00979 e. The predicted molar refractivity (Wildman–Crippen MR) is 71.4 cm³/mol. The zero-order valence-electron chi connectivity index (χ0n) is 9.26. The van der Waals surface area contributed by atoms with Crippen LogP contribution in [0.15, 0.2) is 0 Å². The minimum absolute atomic E-state index is 1.05. The Bertz CT molecular complexity index is 57.1. The fourth-order valence-electron chi connectivity index (χ4n) is 0.900. The summed E-state index contributed by atoms with van der Waals surface area (Å²) in [5.41, 5.74) is 0. The predicted octanol–water partition coefficient (Wildman–Crippen LogP) is 4.60. The summed E-state index contributed by atoms with van der Waals surface area (Å²) in [6.45, 7) is 4.42. The van der Waals surface area contributed by atoms with E-state index in [1.54, 1.807) is 0 Å². The molecule has 0 rings (SSSR count). The number of hydrogen-bond acceptors (Lipinski definition) is 2. The van der Waals surface area contributed by atoms with E-state index in [0.717, 1.165) is 11.5 Å². The van der Waals surface area contributed by atoms with Crippen molar-refractivity contribution in [2.24, 2.45) is 0 Å². The van der Waals surface area contributed by atoms with Crippen LogP contribution in [0.5, 0.6) is 0 Å². The molecule has 0 aromatic carbocycles. The van der Waals surface area contributed by atoms with Crippen molar-refractivity contribution in [1.29, 1.82) is 0 Å². The molecule has 0 saturated carbocycles. The Morgan fingerprint density at radius 1 is 0.615 bits per heavy atom. The Balaban J connectivity index is 0. The molecule has 0 aromatic heterocycles. The summed E-state index contributed by atoms with van der Waals surface area (Å²) in [7, 11) is 0. The van der Waals surface area contributed by atoms with E-state index < -0.39 is 0 Å². The molecule has 0 aromatic rings. The average Bonchev–Trinajstić information content (AvgIpc) is 2.17. The lowest BCUT2D eigenvalue weighted by Gasteiger charge is -1.90. The number of thiol groups is 2. The first-order chi connectivity index (χ1) is 6.33. The van der Waals surface area contributed by atoms with E-state index in [0.29, 0.717) is 0 Å². The molecule has 0 heterocycles. The van der Waals surface area contributed by atoms with Gasteiger partial charge in [-0.1, -0.05) is 46.0 Å². The number of unbranched alkanes of at least 4 members (excludes halogenated alkanes) is 5.